The smallest absolute Gasteiger partial charge is 0.316 e. The zero-order valence-electron chi connectivity index (χ0n) is 44.9. The molecule has 0 spiro atoms. The van der Waals surface area contributed by atoms with Gasteiger partial charge in [0.1, 0.15) is 17.6 Å². The van der Waals surface area contributed by atoms with Gasteiger partial charge in [-0.3, -0.25) is 19.4 Å². The number of fused-ring (bicyclic) bond motifs is 4. The molecule has 5 aromatic carbocycles. The lowest BCUT2D eigenvalue weighted by atomic mass is 9.75. The number of Topliss-reactive ketones (excluding diaryl/α,β-unsaturated/α-hetero) is 2. The number of aliphatic hydroxyl groups is 1. The van der Waals surface area contributed by atoms with Gasteiger partial charge in [-0.15, -0.1) is 0 Å². The van der Waals surface area contributed by atoms with Crippen molar-refractivity contribution in [2.45, 2.75) is 124 Å². The number of nitrogens with zero attached hydrogens (tertiary/aromatic N) is 4. The van der Waals surface area contributed by atoms with E-state index in [1.54, 1.807) is 18.7 Å². The number of piperidine rings is 1. The number of rotatable bonds is 12. The first-order chi connectivity index (χ1) is 36.2. The van der Waals surface area contributed by atoms with E-state index in [9.17, 15) is 19.5 Å². The molecule has 0 aromatic heterocycles. The van der Waals surface area contributed by atoms with Crippen molar-refractivity contribution in [2.24, 2.45) is 4.99 Å². The number of carbonyl (C=O) groups excluding carboxylic acids is 3. The van der Waals surface area contributed by atoms with E-state index in [-0.39, 0.29) is 30.2 Å². The number of ketones is 2. The SMILES string of the molecule is CC(=O)c1ccc2c(c1)N(CCCN(C)C)c1ccccc1S2.CN1[C@@H]2CC[C@H]1CC(OC(=O)C(CO)c1ccccc1)C2.CNC1(c2ccccc2Cl)CCCCC1=O.Cc1cccc(C)c1NC1=NCCCS1. The second-order valence-corrected chi connectivity index (χ2v) is 23.0. The van der Waals surface area contributed by atoms with Gasteiger partial charge in [0, 0.05) is 63.4 Å². The number of ether oxygens (including phenoxy) is 1. The maximum atomic E-state index is 12.4. The summed E-state index contributed by atoms with van der Waals surface area (Å²) in [7, 11) is 8.21. The predicted octanol–water partition coefficient (Wildman–Crippen LogP) is 12.5. The van der Waals surface area contributed by atoms with Crippen LogP contribution in [0.4, 0.5) is 17.1 Å². The highest BCUT2D eigenvalue weighted by molar-refractivity contribution is 8.14. The van der Waals surface area contributed by atoms with E-state index in [1.165, 1.54) is 57.3 Å². The molecule has 5 atom stereocenters. The molecular weight excluding hydrogens is 996 g/mol. The number of hydrogen-bond donors (Lipinski definition) is 3. The van der Waals surface area contributed by atoms with Gasteiger partial charge in [-0.25, -0.2) is 0 Å². The standard InChI is InChI=1S/C19H22N2OS.C17H23NO3.C13H16ClNO.C12H16N2S/c1-14(22)15-9-10-19-17(13-15)21(12-6-11-20(2)3)16-7-4-5-8-18(16)23-19;1-18-13-7-8-14(18)10-15(9-13)21-17(20)16(11-19)12-5-3-2-4-6-12;1-15-13(9-5-4-8-12(13)16)10-6-2-3-7-11(10)14;1-9-5-3-6-10(2)11(9)14-12-13-7-4-8-15-12/h4-5,7-10,13H,6,11-12H2,1-3H3;2-6,13-16,19H,7-11H2,1H3;2-3,6-7,15H,4-5,8-9H2,1H3;3,5-6H,4,7-8H2,1-2H3,(H,13,14)/t;13-,14+,15?,16?;;. The van der Waals surface area contributed by atoms with Crippen molar-refractivity contribution < 1.29 is 24.2 Å². The summed E-state index contributed by atoms with van der Waals surface area (Å²) in [5, 5.41) is 17.9. The van der Waals surface area contributed by atoms with Crippen LogP contribution in [-0.4, -0.2) is 116 Å². The van der Waals surface area contributed by atoms with Gasteiger partial charge in [-0.05, 0) is 159 Å². The molecule has 11 nitrogen and oxygen atoms in total. The number of anilines is 3. The Hall–Kier alpha value is -4.99. The second kappa shape index (κ2) is 27.9. The Balaban J connectivity index is 0.000000148. The Kier molecular flexibility index (Phi) is 21.4. The fourth-order valence-corrected chi connectivity index (χ4v) is 12.9. The molecular formula is C61H77ClN6O5S2. The minimum absolute atomic E-state index is 0.00367. The molecule has 3 N–H and O–H groups in total. The van der Waals surface area contributed by atoms with Crippen LogP contribution < -0.4 is 15.5 Å². The summed E-state index contributed by atoms with van der Waals surface area (Å²) in [6.07, 6.45) is 10.1. The molecule has 3 fully saturated rings. The molecule has 3 unspecified atom stereocenters. The quantitative estimate of drug-likeness (QED) is 0.0813. The number of carbonyl (C=O) groups is 3. The minimum atomic E-state index is -0.566. The fraction of sp³-hybridized carbons (Fsp3) is 0.443. The van der Waals surface area contributed by atoms with Crippen LogP contribution in [0.5, 0.6) is 0 Å². The van der Waals surface area contributed by atoms with Gasteiger partial charge >= 0.3 is 5.97 Å². The monoisotopic (exact) mass is 1070 g/mol. The predicted molar refractivity (Wildman–Crippen MR) is 312 cm³/mol. The number of aryl methyl sites for hydroxylation is 2. The zero-order valence-corrected chi connectivity index (χ0v) is 47.3. The third kappa shape index (κ3) is 14.9. The highest BCUT2D eigenvalue weighted by Gasteiger charge is 2.42. The number of likely N-dealkylation sites (N-methyl/N-ethyl adjacent to an activating group) is 1. The van der Waals surface area contributed by atoms with E-state index in [2.05, 4.69) is 114 Å². The highest BCUT2D eigenvalue weighted by atomic mass is 35.5. The summed E-state index contributed by atoms with van der Waals surface area (Å²) in [5.74, 6) is 0.692. The van der Waals surface area contributed by atoms with Crippen molar-refractivity contribution in [2.75, 3.05) is 70.4 Å². The molecule has 75 heavy (non-hydrogen) atoms. The molecule has 400 valence electrons. The first kappa shape index (κ1) is 57.7. The van der Waals surface area contributed by atoms with Gasteiger partial charge in [0.05, 0.1) is 18.0 Å². The van der Waals surface area contributed by atoms with E-state index in [4.69, 9.17) is 16.3 Å². The molecule has 4 heterocycles. The molecule has 4 aliphatic heterocycles. The molecule has 2 bridgehead atoms. The molecule has 5 aromatic rings. The first-order valence-electron chi connectivity index (χ1n) is 26.6. The van der Waals surface area contributed by atoms with Crippen LogP contribution in [0.15, 0.2) is 130 Å². The fourth-order valence-electron chi connectivity index (χ4n) is 10.7. The maximum absolute atomic E-state index is 12.4. The van der Waals surface area contributed by atoms with Crippen molar-refractivity contribution >= 4 is 74.9 Å². The number of hydrogen-bond acceptors (Lipinski definition) is 13. The molecule has 10 rings (SSSR count). The van der Waals surface area contributed by atoms with Gasteiger partial charge in [-0.1, -0.05) is 126 Å². The third-order valence-corrected chi connectivity index (χ3v) is 17.4. The van der Waals surface area contributed by atoms with Crippen LogP contribution >= 0.6 is 35.1 Å². The summed E-state index contributed by atoms with van der Waals surface area (Å²) in [4.78, 5) is 50.3. The number of aliphatic hydroxyl groups excluding tert-OH is 1. The number of nitrogens with one attached hydrogen (secondary N) is 2. The molecule has 0 radical (unpaired) electrons. The Labute approximate surface area is 459 Å². The van der Waals surface area contributed by atoms with Gasteiger partial charge < -0.3 is 35.2 Å². The summed E-state index contributed by atoms with van der Waals surface area (Å²) < 4.78 is 5.70. The molecule has 14 heteroatoms. The summed E-state index contributed by atoms with van der Waals surface area (Å²) >= 11 is 9.80. The lowest BCUT2D eigenvalue weighted by Gasteiger charge is -2.36. The number of esters is 1. The van der Waals surface area contributed by atoms with Crippen LogP contribution in [0.25, 0.3) is 0 Å². The topological polar surface area (TPSA) is 127 Å². The molecule has 0 amide bonds. The lowest BCUT2D eigenvalue weighted by Crippen LogP contribution is -2.49. The number of halogens is 1. The lowest BCUT2D eigenvalue weighted by molar-refractivity contribution is -0.155. The Morgan fingerprint density at radius 2 is 1.56 bits per heavy atom. The van der Waals surface area contributed by atoms with Crippen LogP contribution in [-0.2, 0) is 19.9 Å². The second-order valence-electron chi connectivity index (χ2n) is 20.4. The van der Waals surface area contributed by atoms with Gasteiger partial charge in [0.25, 0.3) is 0 Å². The van der Waals surface area contributed by atoms with Crippen molar-refractivity contribution in [3.05, 3.63) is 148 Å². The average molecular weight is 1070 g/mol. The van der Waals surface area contributed by atoms with Crippen LogP contribution in [0.1, 0.15) is 110 Å². The van der Waals surface area contributed by atoms with E-state index < -0.39 is 11.5 Å². The Morgan fingerprint density at radius 3 is 2.20 bits per heavy atom. The van der Waals surface area contributed by atoms with E-state index in [1.807, 2.05) is 85.5 Å². The molecule has 2 saturated heterocycles. The highest BCUT2D eigenvalue weighted by Crippen LogP contribution is 2.48. The molecule has 5 aliphatic rings. The van der Waals surface area contributed by atoms with Crippen molar-refractivity contribution in [1.82, 2.24) is 15.1 Å². The summed E-state index contributed by atoms with van der Waals surface area (Å²) in [6, 6.07) is 39.0. The van der Waals surface area contributed by atoms with Crippen molar-refractivity contribution in [3.63, 3.8) is 0 Å². The van der Waals surface area contributed by atoms with E-state index >= 15 is 0 Å². The number of benzene rings is 5. The third-order valence-electron chi connectivity index (χ3n) is 15.0. The Bertz CT molecular complexity index is 2710. The normalized spacial score (nSPS) is 21.1. The van der Waals surface area contributed by atoms with Gasteiger partial charge in [-0.2, -0.15) is 0 Å². The van der Waals surface area contributed by atoms with Gasteiger partial charge in [0.15, 0.2) is 16.7 Å². The van der Waals surface area contributed by atoms with Gasteiger partial charge in [0.2, 0.25) is 0 Å². The molecule has 1 saturated carbocycles. The number of aliphatic imine (C=N–C) groups is 1. The maximum Gasteiger partial charge on any atom is 0.316 e. The largest absolute Gasteiger partial charge is 0.462 e. The van der Waals surface area contributed by atoms with E-state index in [0.29, 0.717) is 23.5 Å². The summed E-state index contributed by atoms with van der Waals surface area (Å²) in [5.41, 5.74) is 8.13. The van der Waals surface area contributed by atoms with Crippen LogP contribution in [0.2, 0.25) is 5.02 Å². The van der Waals surface area contributed by atoms with Crippen molar-refractivity contribution in [3.8, 4) is 0 Å². The molecule has 1 aliphatic carbocycles. The Morgan fingerprint density at radius 1 is 0.880 bits per heavy atom. The number of amidine groups is 1. The minimum Gasteiger partial charge on any atom is -0.462 e. The van der Waals surface area contributed by atoms with Crippen molar-refractivity contribution in [1.29, 1.82) is 0 Å². The summed E-state index contributed by atoms with van der Waals surface area (Å²) in [6.45, 7) is 8.63. The zero-order chi connectivity index (χ0) is 53.5. The number of thioether (sulfide) groups is 1. The average Bonchev–Trinajstić information content (AvgIpc) is 3.60. The first-order valence-corrected chi connectivity index (χ1v) is 28.8. The van der Waals surface area contributed by atoms with Crippen LogP contribution in [0.3, 0.4) is 0 Å². The number of para-hydroxylation sites is 2. The van der Waals surface area contributed by atoms with Crippen LogP contribution in [0, 0.1) is 13.8 Å². The van der Waals surface area contributed by atoms with E-state index in [0.717, 1.165) is 85.7 Å².